The molecule has 2 aromatic rings. The summed E-state index contributed by atoms with van der Waals surface area (Å²) < 4.78 is 28.6. The lowest BCUT2D eigenvalue weighted by Gasteiger charge is -2.30. The maximum absolute atomic E-state index is 12.8. The van der Waals surface area contributed by atoms with Gasteiger partial charge in [-0.2, -0.15) is 9.57 Å². The first kappa shape index (κ1) is 19.1. The van der Waals surface area contributed by atoms with Gasteiger partial charge in [-0.05, 0) is 38.0 Å². The number of carbonyl (C=O) groups is 1. The van der Waals surface area contributed by atoms with Crippen molar-refractivity contribution in [3.63, 3.8) is 0 Å². The lowest BCUT2D eigenvalue weighted by atomic mass is 9.98. The van der Waals surface area contributed by atoms with E-state index in [4.69, 9.17) is 5.26 Å². The van der Waals surface area contributed by atoms with E-state index in [2.05, 4.69) is 10.3 Å². The van der Waals surface area contributed by atoms with Crippen LogP contribution in [0.5, 0.6) is 0 Å². The van der Waals surface area contributed by atoms with Gasteiger partial charge in [0.15, 0.2) is 5.03 Å². The van der Waals surface area contributed by atoms with Crippen LogP contribution in [0.25, 0.3) is 0 Å². The van der Waals surface area contributed by atoms with Crippen LogP contribution in [0.15, 0.2) is 41.8 Å². The minimum atomic E-state index is -3.72. The Morgan fingerprint density at radius 1 is 1.44 bits per heavy atom. The van der Waals surface area contributed by atoms with Crippen molar-refractivity contribution in [2.24, 2.45) is 5.92 Å². The van der Waals surface area contributed by atoms with E-state index in [-0.39, 0.29) is 17.5 Å². The van der Waals surface area contributed by atoms with E-state index in [9.17, 15) is 13.2 Å². The molecule has 0 saturated carbocycles. The van der Waals surface area contributed by atoms with Gasteiger partial charge in [-0.15, -0.1) is 0 Å². The van der Waals surface area contributed by atoms with E-state index in [0.29, 0.717) is 37.2 Å². The first-order valence-electron chi connectivity index (χ1n) is 8.77. The van der Waals surface area contributed by atoms with Crippen molar-refractivity contribution in [3.05, 3.63) is 42.4 Å². The van der Waals surface area contributed by atoms with Crippen LogP contribution in [0.2, 0.25) is 0 Å². The Labute approximate surface area is 158 Å². The molecule has 1 aromatic heterocycles. The highest BCUT2D eigenvalue weighted by molar-refractivity contribution is 7.89. The maximum Gasteiger partial charge on any atom is 0.262 e. The van der Waals surface area contributed by atoms with Gasteiger partial charge in [-0.1, -0.05) is 6.07 Å². The van der Waals surface area contributed by atoms with Crippen molar-refractivity contribution in [1.82, 2.24) is 13.9 Å². The molecule has 1 saturated heterocycles. The SMILES string of the molecule is CCn1cnc(S(=O)(=O)N2CCCC(C(=O)Nc3cccc(C#N)c3)C2)c1. The number of nitrogens with one attached hydrogen (secondary N) is 1. The number of hydrogen-bond donors (Lipinski definition) is 1. The van der Waals surface area contributed by atoms with Crippen molar-refractivity contribution in [2.45, 2.75) is 31.3 Å². The number of imidazole rings is 1. The second kappa shape index (κ2) is 7.90. The largest absolute Gasteiger partial charge is 0.336 e. The Kier molecular flexibility index (Phi) is 5.58. The Balaban J connectivity index is 1.71. The average Bonchev–Trinajstić information content (AvgIpc) is 3.18. The van der Waals surface area contributed by atoms with Crippen molar-refractivity contribution in [1.29, 1.82) is 5.26 Å². The molecule has 142 valence electrons. The highest BCUT2D eigenvalue weighted by atomic mass is 32.2. The van der Waals surface area contributed by atoms with Gasteiger partial charge in [0, 0.05) is 31.5 Å². The van der Waals surface area contributed by atoms with Crippen LogP contribution in [0.1, 0.15) is 25.3 Å². The molecule has 8 nitrogen and oxygen atoms in total. The van der Waals surface area contributed by atoms with Gasteiger partial charge in [0.25, 0.3) is 10.0 Å². The van der Waals surface area contributed by atoms with Crippen LogP contribution in [-0.4, -0.2) is 41.3 Å². The number of aromatic nitrogens is 2. The van der Waals surface area contributed by atoms with E-state index in [1.54, 1.807) is 28.8 Å². The normalized spacial score (nSPS) is 18.0. The van der Waals surface area contributed by atoms with Gasteiger partial charge in [-0.25, -0.2) is 13.4 Å². The first-order valence-corrected chi connectivity index (χ1v) is 10.2. The molecule has 0 aliphatic carbocycles. The molecule has 1 N–H and O–H groups in total. The molecule has 0 spiro atoms. The minimum Gasteiger partial charge on any atom is -0.336 e. The second-order valence-corrected chi connectivity index (χ2v) is 8.31. The van der Waals surface area contributed by atoms with Crippen molar-refractivity contribution < 1.29 is 13.2 Å². The fourth-order valence-corrected chi connectivity index (χ4v) is 4.52. The van der Waals surface area contributed by atoms with E-state index in [0.717, 1.165) is 0 Å². The van der Waals surface area contributed by atoms with Gasteiger partial charge in [0.05, 0.1) is 23.9 Å². The monoisotopic (exact) mass is 387 g/mol. The number of amides is 1. The van der Waals surface area contributed by atoms with Gasteiger partial charge in [0.1, 0.15) is 0 Å². The molecule has 27 heavy (non-hydrogen) atoms. The number of nitriles is 1. The summed E-state index contributed by atoms with van der Waals surface area (Å²) in [6, 6.07) is 8.66. The van der Waals surface area contributed by atoms with Gasteiger partial charge in [0.2, 0.25) is 5.91 Å². The van der Waals surface area contributed by atoms with Crippen LogP contribution < -0.4 is 5.32 Å². The maximum atomic E-state index is 12.8. The Hall–Kier alpha value is -2.70. The fourth-order valence-electron chi connectivity index (χ4n) is 3.06. The standard InChI is InChI=1S/C18H21N5O3S/c1-2-22-12-17(20-13-22)27(25,26)23-8-4-6-15(11-23)18(24)21-16-7-3-5-14(9-16)10-19/h3,5,7,9,12-13,15H,2,4,6,8,11H2,1H3,(H,21,24). The molecule has 1 aliphatic rings. The number of anilines is 1. The quantitative estimate of drug-likeness (QED) is 0.842. The summed E-state index contributed by atoms with van der Waals surface area (Å²) in [5, 5.41) is 11.7. The summed E-state index contributed by atoms with van der Waals surface area (Å²) in [6.07, 6.45) is 4.21. The van der Waals surface area contributed by atoms with Crippen LogP contribution in [-0.2, 0) is 21.4 Å². The molecular weight excluding hydrogens is 366 g/mol. The third kappa shape index (κ3) is 4.18. The van der Waals surface area contributed by atoms with Crippen LogP contribution in [0.4, 0.5) is 5.69 Å². The van der Waals surface area contributed by atoms with Gasteiger partial charge in [-0.3, -0.25) is 4.79 Å². The predicted molar refractivity (Wildman–Crippen MR) is 99.2 cm³/mol. The molecule has 0 radical (unpaired) electrons. The topological polar surface area (TPSA) is 108 Å². The lowest BCUT2D eigenvalue weighted by molar-refractivity contribution is -0.120. The van der Waals surface area contributed by atoms with Crippen molar-refractivity contribution >= 4 is 21.6 Å². The van der Waals surface area contributed by atoms with Crippen LogP contribution >= 0.6 is 0 Å². The summed E-state index contributed by atoms with van der Waals surface area (Å²) in [4.78, 5) is 16.6. The van der Waals surface area contributed by atoms with E-state index in [1.807, 2.05) is 13.0 Å². The van der Waals surface area contributed by atoms with Crippen molar-refractivity contribution in [3.8, 4) is 6.07 Å². The predicted octanol–water partition coefficient (Wildman–Crippen LogP) is 1.81. The number of rotatable bonds is 5. The average molecular weight is 387 g/mol. The summed E-state index contributed by atoms with van der Waals surface area (Å²) in [5.74, 6) is -0.698. The van der Waals surface area contributed by atoms with E-state index < -0.39 is 15.9 Å². The van der Waals surface area contributed by atoms with E-state index in [1.165, 1.54) is 16.8 Å². The number of hydrogen-bond acceptors (Lipinski definition) is 5. The number of sulfonamides is 1. The fraction of sp³-hybridized carbons (Fsp3) is 0.389. The molecule has 1 atom stereocenters. The zero-order valence-corrected chi connectivity index (χ0v) is 15.8. The van der Waals surface area contributed by atoms with Crippen LogP contribution in [0, 0.1) is 17.2 Å². The minimum absolute atomic E-state index is 0.00660. The number of benzene rings is 1. The lowest BCUT2D eigenvalue weighted by Crippen LogP contribution is -2.43. The zero-order chi connectivity index (χ0) is 19.4. The van der Waals surface area contributed by atoms with Crippen LogP contribution in [0.3, 0.4) is 0 Å². The second-order valence-electron chi connectivity index (χ2n) is 6.43. The van der Waals surface area contributed by atoms with E-state index >= 15 is 0 Å². The summed E-state index contributed by atoms with van der Waals surface area (Å²) in [6.45, 7) is 3.02. The molecular formula is C18H21N5O3S. The zero-order valence-electron chi connectivity index (χ0n) is 15.0. The number of nitrogens with zero attached hydrogens (tertiary/aromatic N) is 4. The number of carbonyl (C=O) groups excluding carboxylic acids is 1. The molecule has 1 aromatic carbocycles. The highest BCUT2D eigenvalue weighted by Gasteiger charge is 2.34. The first-order chi connectivity index (χ1) is 12.9. The molecule has 3 rings (SSSR count). The summed E-state index contributed by atoms with van der Waals surface area (Å²) in [5.41, 5.74) is 0.980. The highest BCUT2D eigenvalue weighted by Crippen LogP contribution is 2.24. The molecule has 1 aliphatic heterocycles. The number of piperidine rings is 1. The molecule has 9 heteroatoms. The molecule has 0 bridgehead atoms. The van der Waals surface area contributed by atoms with Gasteiger partial charge >= 0.3 is 0 Å². The third-order valence-corrected chi connectivity index (χ3v) is 6.34. The molecule has 1 amide bonds. The Morgan fingerprint density at radius 2 is 2.26 bits per heavy atom. The third-order valence-electron chi connectivity index (χ3n) is 4.59. The summed E-state index contributed by atoms with van der Waals surface area (Å²) >= 11 is 0. The smallest absolute Gasteiger partial charge is 0.262 e. The molecule has 1 fully saturated rings. The number of aryl methyl sites for hydroxylation is 1. The van der Waals surface area contributed by atoms with Crippen molar-refractivity contribution in [2.75, 3.05) is 18.4 Å². The molecule has 2 heterocycles. The molecule has 1 unspecified atom stereocenters. The summed E-state index contributed by atoms with van der Waals surface area (Å²) in [7, 11) is -3.72. The van der Waals surface area contributed by atoms with Gasteiger partial charge < -0.3 is 9.88 Å². The Morgan fingerprint density at radius 3 is 2.96 bits per heavy atom. The Bertz CT molecular complexity index is 977.